The molecule has 1 aromatic heterocycles. The van der Waals surface area contributed by atoms with E-state index in [0.717, 1.165) is 16.8 Å². The summed E-state index contributed by atoms with van der Waals surface area (Å²) in [6.07, 6.45) is 0. The molecule has 1 heterocycles. The van der Waals surface area contributed by atoms with E-state index >= 15 is 0 Å². The predicted octanol–water partition coefficient (Wildman–Crippen LogP) is 2.76. The van der Waals surface area contributed by atoms with E-state index < -0.39 is 0 Å². The zero-order valence-corrected chi connectivity index (χ0v) is 17.3. The van der Waals surface area contributed by atoms with Crippen molar-refractivity contribution >= 4 is 29.3 Å². The molecular weight excluding hydrogens is 388 g/mol. The van der Waals surface area contributed by atoms with Crippen molar-refractivity contribution in [1.82, 2.24) is 25.5 Å². The van der Waals surface area contributed by atoms with Gasteiger partial charge in [-0.25, -0.2) is 0 Å². The number of nitrogens with one attached hydrogen (secondary N) is 2. The molecule has 0 aliphatic heterocycles. The summed E-state index contributed by atoms with van der Waals surface area (Å²) in [5, 5.41) is 17.9. The molecule has 0 saturated carbocycles. The Balaban J connectivity index is 1.64. The number of amides is 2. The highest BCUT2D eigenvalue weighted by molar-refractivity contribution is 7.99. The molecule has 2 N–H and O–H groups in total. The van der Waals surface area contributed by atoms with Crippen LogP contribution in [0, 0.1) is 13.8 Å². The number of carbonyl (C=O) groups excluding carboxylic acids is 2. The quantitative estimate of drug-likeness (QED) is 0.581. The lowest BCUT2D eigenvalue weighted by molar-refractivity contribution is -0.113. The average molecular weight is 411 g/mol. The maximum absolute atomic E-state index is 12.4. The number of carbonyl (C=O) groups is 2. The van der Waals surface area contributed by atoms with E-state index in [4.69, 9.17) is 0 Å². The Kier molecular flexibility index (Phi) is 6.61. The van der Waals surface area contributed by atoms with Gasteiger partial charge in [-0.3, -0.25) is 9.59 Å². The molecule has 0 bridgehead atoms. The fraction of sp³-hybridized carbons (Fsp3) is 0.250. The summed E-state index contributed by atoms with van der Waals surface area (Å²) >= 11 is 1.24. The molecule has 3 aromatic rings. The molecule has 0 saturated heterocycles. The molecule has 0 fully saturated rings. The molecule has 29 heavy (non-hydrogen) atoms. The Labute approximate surface area is 173 Å². The lowest BCUT2D eigenvalue weighted by Gasteiger charge is -2.08. The number of anilines is 1. The lowest BCUT2D eigenvalue weighted by atomic mass is 10.1. The summed E-state index contributed by atoms with van der Waals surface area (Å²) < 4.78 is 1.62. The monoisotopic (exact) mass is 410 g/mol. The molecule has 0 unspecified atom stereocenters. The Morgan fingerprint density at radius 1 is 1.10 bits per heavy atom. The molecule has 150 valence electrons. The van der Waals surface area contributed by atoms with E-state index in [-0.39, 0.29) is 17.6 Å². The molecule has 0 aliphatic carbocycles. The molecule has 2 amide bonds. The van der Waals surface area contributed by atoms with Crippen LogP contribution in [0.15, 0.2) is 47.6 Å². The Morgan fingerprint density at radius 3 is 2.59 bits per heavy atom. The van der Waals surface area contributed by atoms with Gasteiger partial charge < -0.3 is 10.6 Å². The van der Waals surface area contributed by atoms with E-state index in [1.165, 1.54) is 11.8 Å². The van der Waals surface area contributed by atoms with Gasteiger partial charge in [0.1, 0.15) is 0 Å². The first-order valence-corrected chi connectivity index (χ1v) is 10.1. The zero-order valence-electron chi connectivity index (χ0n) is 16.5. The van der Waals surface area contributed by atoms with Crippen LogP contribution >= 0.6 is 11.8 Å². The maximum Gasteiger partial charge on any atom is 0.251 e. The van der Waals surface area contributed by atoms with E-state index in [0.29, 0.717) is 23.0 Å². The Hall–Kier alpha value is -3.20. The van der Waals surface area contributed by atoms with Gasteiger partial charge in [-0.15, -0.1) is 5.10 Å². The first-order valence-electron chi connectivity index (χ1n) is 9.14. The number of hydrogen-bond acceptors (Lipinski definition) is 6. The smallest absolute Gasteiger partial charge is 0.251 e. The number of aryl methyl sites for hydroxylation is 2. The molecule has 9 heteroatoms. The van der Waals surface area contributed by atoms with Gasteiger partial charge in [-0.1, -0.05) is 23.9 Å². The predicted molar refractivity (Wildman–Crippen MR) is 112 cm³/mol. The van der Waals surface area contributed by atoms with Gasteiger partial charge in [-0.05, 0) is 72.7 Å². The van der Waals surface area contributed by atoms with E-state index in [1.54, 1.807) is 28.9 Å². The third-order valence-corrected chi connectivity index (χ3v) is 4.89. The van der Waals surface area contributed by atoms with Crippen LogP contribution in [0.3, 0.4) is 0 Å². The minimum absolute atomic E-state index is 0.135. The molecule has 0 atom stereocenters. The normalized spacial score (nSPS) is 10.6. The largest absolute Gasteiger partial charge is 0.352 e. The van der Waals surface area contributed by atoms with Crippen LogP contribution in [0.25, 0.3) is 5.69 Å². The highest BCUT2D eigenvalue weighted by atomic mass is 32.2. The van der Waals surface area contributed by atoms with Crippen LogP contribution < -0.4 is 10.6 Å². The molecule has 8 nitrogen and oxygen atoms in total. The third kappa shape index (κ3) is 5.41. The summed E-state index contributed by atoms with van der Waals surface area (Å²) in [6, 6.07) is 12.9. The van der Waals surface area contributed by atoms with Crippen LogP contribution in [0.1, 0.15) is 28.4 Å². The van der Waals surface area contributed by atoms with Gasteiger partial charge in [0.05, 0.1) is 11.4 Å². The second kappa shape index (κ2) is 9.33. The zero-order chi connectivity index (χ0) is 20.8. The number of benzene rings is 2. The molecule has 0 spiro atoms. The highest BCUT2D eigenvalue weighted by Gasteiger charge is 2.13. The first kappa shape index (κ1) is 20.5. The van der Waals surface area contributed by atoms with Crippen LogP contribution in [0.4, 0.5) is 5.69 Å². The number of hydrogen-bond donors (Lipinski definition) is 2. The van der Waals surface area contributed by atoms with Crippen molar-refractivity contribution in [3.05, 3.63) is 59.2 Å². The van der Waals surface area contributed by atoms with Crippen LogP contribution in [-0.4, -0.2) is 44.3 Å². The van der Waals surface area contributed by atoms with Gasteiger partial charge >= 0.3 is 0 Å². The molecule has 0 radical (unpaired) electrons. The summed E-state index contributed by atoms with van der Waals surface area (Å²) in [7, 11) is 0. The van der Waals surface area contributed by atoms with E-state index in [9.17, 15) is 9.59 Å². The van der Waals surface area contributed by atoms with Crippen molar-refractivity contribution in [2.45, 2.75) is 25.9 Å². The molecule has 0 aliphatic rings. The summed E-state index contributed by atoms with van der Waals surface area (Å²) in [4.78, 5) is 24.3. The summed E-state index contributed by atoms with van der Waals surface area (Å²) in [5.41, 5.74) is 4.13. The standard InChI is InChI=1S/C20H22N6O2S/c1-4-21-19(28)15-6-5-7-16(11-15)22-18(27)12-29-20-23-24-25-26(20)17-9-13(2)8-14(3)10-17/h5-11H,4,12H2,1-3H3,(H,21,28)(H,22,27). The highest BCUT2D eigenvalue weighted by Crippen LogP contribution is 2.20. The van der Waals surface area contributed by atoms with E-state index in [1.807, 2.05) is 32.9 Å². The topological polar surface area (TPSA) is 102 Å². The van der Waals surface area contributed by atoms with Crippen LogP contribution in [0.5, 0.6) is 0 Å². The molecule has 3 rings (SSSR count). The van der Waals surface area contributed by atoms with Crippen LogP contribution in [-0.2, 0) is 4.79 Å². The third-order valence-electron chi connectivity index (χ3n) is 3.97. The second-order valence-corrected chi connectivity index (χ2v) is 7.44. The van der Waals surface area contributed by atoms with Crippen molar-refractivity contribution in [3.8, 4) is 5.69 Å². The first-order chi connectivity index (χ1) is 14.0. The summed E-state index contributed by atoms with van der Waals surface area (Å²) in [6.45, 7) is 6.42. The van der Waals surface area contributed by atoms with Gasteiger partial charge in [0.2, 0.25) is 11.1 Å². The number of thioether (sulfide) groups is 1. The number of rotatable bonds is 7. The lowest BCUT2D eigenvalue weighted by Crippen LogP contribution is -2.23. The van der Waals surface area contributed by atoms with Gasteiger partial charge in [0.15, 0.2) is 0 Å². The van der Waals surface area contributed by atoms with Crippen molar-refractivity contribution in [2.75, 3.05) is 17.6 Å². The molecule has 2 aromatic carbocycles. The van der Waals surface area contributed by atoms with Crippen molar-refractivity contribution < 1.29 is 9.59 Å². The fourth-order valence-electron chi connectivity index (χ4n) is 2.83. The SMILES string of the molecule is CCNC(=O)c1cccc(NC(=O)CSc2nnnn2-c2cc(C)cc(C)c2)c1. The van der Waals surface area contributed by atoms with Gasteiger partial charge in [0, 0.05) is 17.8 Å². The van der Waals surface area contributed by atoms with Crippen LogP contribution in [0.2, 0.25) is 0 Å². The maximum atomic E-state index is 12.4. The minimum Gasteiger partial charge on any atom is -0.352 e. The molecular formula is C20H22N6O2S. The van der Waals surface area contributed by atoms with Crippen molar-refractivity contribution in [1.29, 1.82) is 0 Å². The van der Waals surface area contributed by atoms with Gasteiger partial charge in [0.25, 0.3) is 5.91 Å². The number of nitrogens with zero attached hydrogens (tertiary/aromatic N) is 4. The number of aromatic nitrogens is 4. The second-order valence-electron chi connectivity index (χ2n) is 6.50. The average Bonchev–Trinajstić information content (AvgIpc) is 3.15. The van der Waals surface area contributed by atoms with Gasteiger partial charge in [-0.2, -0.15) is 4.68 Å². The Morgan fingerprint density at radius 2 is 1.86 bits per heavy atom. The minimum atomic E-state index is -0.210. The number of tetrazole rings is 1. The van der Waals surface area contributed by atoms with E-state index in [2.05, 4.69) is 32.2 Å². The fourth-order valence-corrected chi connectivity index (χ4v) is 3.52. The summed E-state index contributed by atoms with van der Waals surface area (Å²) in [5.74, 6) is -0.250. The van der Waals surface area contributed by atoms with Crippen molar-refractivity contribution in [3.63, 3.8) is 0 Å². The Bertz CT molecular complexity index is 1010. The van der Waals surface area contributed by atoms with Crippen molar-refractivity contribution in [2.24, 2.45) is 0 Å².